The zero-order valence-corrected chi connectivity index (χ0v) is 19.5. The normalized spacial score (nSPS) is 13.0. The minimum atomic E-state index is -4.65. The average Bonchev–Trinajstić information content (AvgIpc) is 2.89. The number of fused-ring (bicyclic) bond motifs is 3. The van der Waals surface area contributed by atoms with Gasteiger partial charge in [0.15, 0.2) is 0 Å². The highest BCUT2D eigenvalue weighted by Gasteiger charge is 2.33. The van der Waals surface area contributed by atoms with E-state index in [0.29, 0.717) is 21.7 Å². The van der Waals surface area contributed by atoms with E-state index in [2.05, 4.69) is 9.97 Å². The van der Waals surface area contributed by atoms with E-state index in [1.165, 1.54) is 30.5 Å². The molecule has 0 fully saturated rings. The maximum Gasteiger partial charge on any atom is 0.416 e. The Bertz CT molecular complexity index is 2110. The van der Waals surface area contributed by atoms with Crippen molar-refractivity contribution < 1.29 is 30.7 Å². The van der Waals surface area contributed by atoms with Gasteiger partial charge in [0.25, 0.3) is 0 Å². The van der Waals surface area contributed by atoms with Crippen molar-refractivity contribution in [1.29, 1.82) is 0 Å². The van der Waals surface area contributed by atoms with Gasteiger partial charge < -0.3 is 0 Å². The van der Waals surface area contributed by atoms with E-state index < -0.39 is 29.3 Å². The number of aromatic nitrogens is 2. The van der Waals surface area contributed by atoms with Crippen molar-refractivity contribution in [3.05, 3.63) is 95.9 Å². The first-order valence-corrected chi connectivity index (χ1v) is 11.7. The molecular weight excluding hydrogens is 521 g/mol. The lowest BCUT2D eigenvalue weighted by molar-refractivity contribution is -0.138. The number of benzene rings is 5. The molecule has 0 spiro atoms. The third-order valence-corrected chi connectivity index (χ3v) is 7.10. The van der Waals surface area contributed by atoms with Gasteiger partial charge >= 0.3 is 12.4 Å². The molecule has 9 heteroatoms. The smallest absolute Gasteiger partial charge is 0.254 e. The van der Waals surface area contributed by atoms with Crippen LogP contribution < -0.4 is 0 Å². The van der Waals surface area contributed by atoms with Crippen LogP contribution in [0.4, 0.5) is 30.7 Å². The number of rotatable bonds is 1. The Kier molecular flexibility index (Phi) is 4.69. The molecule has 7 aromatic rings. The summed E-state index contributed by atoms with van der Waals surface area (Å²) < 4.78 is 97.3. The van der Waals surface area contributed by atoms with E-state index in [1.54, 1.807) is 24.3 Å². The second-order valence-electron chi connectivity index (χ2n) is 9.43. The van der Waals surface area contributed by atoms with E-state index in [0.717, 1.165) is 24.3 Å². The molecule has 0 saturated carbocycles. The quantitative estimate of drug-likeness (QED) is 0.155. The topological polar surface area (TPSA) is 25.8 Å². The van der Waals surface area contributed by atoms with Gasteiger partial charge in [-0.15, -0.1) is 0 Å². The summed E-state index contributed by atoms with van der Waals surface area (Å²) in [6, 6.07) is 15.9. The highest BCUT2D eigenvalue weighted by atomic mass is 19.4. The zero-order valence-electron chi connectivity index (χ0n) is 19.5. The molecule has 2 nitrogen and oxygen atoms in total. The van der Waals surface area contributed by atoms with Gasteiger partial charge in [0.05, 0.1) is 27.9 Å². The number of nitrogens with zero attached hydrogens (tertiary/aromatic N) is 2. The minimum absolute atomic E-state index is 0.198. The van der Waals surface area contributed by atoms with Crippen LogP contribution in [0.15, 0.2) is 79.0 Å². The van der Waals surface area contributed by atoms with Gasteiger partial charge in [-0.1, -0.05) is 24.3 Å². The Morgan fingerprint density at radius 2 is 1.15 bits per heavy atom. The summed E-state index contributed by atoms with van der Waals surface area (Å²) in [5.74, 6) is -0.508. The van der Waals surface area contributed by atoms with Crippen molar-refractivity contribution in [2.75, 3.05) is 0 Å². The summed E-state index contributed by atoms with van der Waals surface area (Å²) in [5, 5.41) is 2.61. The molecule has 0 bridgehead atoms. The van der Waals surface area contributed by atoms with Gasteiger partial charge in [-0.05, 0) is 80.8 Å². The monoisotopic (exact) mass is 534 g/mol. The largest absolute Gasteiger partial charge is 0.416 e. The number of halogens is 7. The fraction of sp³-hybridized carbons (Fsp3) is 0.0667. The number of alkyl halides is 6. The van der Waals surface area contributed by atoms with Crippen LogP contribution in [0.25, 0.3) is 65.4 Å². The fourth-order valence-electron chi connectivity index (χ4n) is 5.38. The van der Waals surface area contributed by atoms with Gasteiger partial charge in [-0.25, -0.2) is 9.37 Å². The van der Waals surface area contributed by atoms with E-state index >= 15 is 0 Å². The fourth-order valence-corrected chi connectivity index (χ4v) is 5.38. The lowest BCUT2D eigenvalue weighted by Crippen LogP contribution is -2.06. The van der Waals surface area contributed by atoms with Crippen molar-refractivity contribution in [2.24, 2.45) is 0 Å². The van der Waals surface area contributed by atoms with Crippen molar-refractivity contribution in [2.45, 2.75) is 12.4 Å². The van der Waals surface area contributed by atoms with Crippen molar-refractivity contribution in [1.82, 2.24) is 9.97 Å². The molecule has 2 aromatic heterocycles. The van der Waals surface area contributed by atoms with Crippen LogP contribution in [-0.4, -0.2) is 9.97 Å². The summed E-state index contributed by atoms with van der Waals surface area (Å²) in [5.41, 5.74) is -0.723. The lowest BCUT2D eigenvalue weighted by atomic mass is 9.88. The predicted molar refractivity (Wildman–Crippen MR) is 136 cm³/mol. The van der Waals surface area contributed by atoms with Crippen LogP contribution in [0.1, 0.15) is 11.1 Å². The molecule has 0 amide bonds. The van der Waals surface area contributed by atoms with Crippen molar-refractivity contribution >= 4 is 54.1 Å². The summed E-state index contributed by atoms with van der Waals surface area (Å²) in [7, 11) is 0. The van der Waals surface area contributed by atoms with E-state index in [-0.39, 0.29) is 43.7 Å². The summed E-state index contributed by atoms with van der Waals surface area (Å²) >= 11 is 0. The second-order valence-corrected chi connectivity index (χ2v) is 9.43. The summed E-state index contributed by atoms with van der Waals surface area (Å²) in [6.07, 6.45) is -7.99. The van der Waals surface area contributed by atoms with Gasteiger partial charge in [0.2, 0.25) is 0 Å². The number of pyridine rings is 2. The van der Waals surface area contributed by atoms with Gasteiger partial charge in [-0.3, -0.25) is 4.98 Å². The minimum Gasteiger partial charge on any atom is -0.254 e. The number of hydrogen-bond acceptors (Lipinski definition) is 2. The van der Waals surface area contributed by atoms with Gasteiger partial charge in [0.1, 0.15) is 5.82 Å². The van der Waals surface area contributed by atoms with Gasteiger partial charge in [-0.2, -0.15) is 26.3 Å². The zero-order chi connectivity index (χ0) is 27.3. The Hall–Kier alpha value is -4.53. The first-order valence-electron chi connectivity index (χ1n) is 11.7. The van der Waals surface area contributed by atoms with E-state index in [4.69, 9.17) is 0 Å². The molecule has 2 heterocycles. The van der Waals surface area contributed by atoms with E-state index in [1.807, 2.05) is 0 Å². The van der Waals surface area contributed by atoms with Crippen LogP contribution in [-0.2, 0) is 12.4 Å². The highest BCUT2D eigenvalue weighted by Crippen LogP contribution is 2.45. The molecule has 0 aliphatic rings. The average molecular weight is 534 g/mol. The maximum absolute atomic E-state index is 14.4. The molecule has 0 unspecified atom stereocenters. The molecule has 5 aromatic carbocycles. The Morgan fingerprint density at radius 3 is 1.87 bits per heavy atom. The first-order chi connectivity index (χ1) is 18.5. The molecule has 0 atom stereocenters. The highest BCUT2D eigenvalue weighted by molar-refractivity contribution is 6.26. The second kappa shape index (κ2) is 7.75. The summed E-state index contributed by atoms with van der Waals surface area (Å²) in [6.45, 7) is 0. The SMILES string of the molecule is Fc1ccnc2c1ccc1ccc(-c3cc4cc(C(F)(F)F)cc5ccc6cc(C(F)(F)F)cc3c6c54)nc12. The van der Waals surface area contributed by atoms with Crippen LogP contribution >= 0.6 is 0 Å². The third kappa shape index (κ3) is 3.56. The maximum atomic E-state index is 14.4. The Balaban J connectivity index is 1.64. The number of hydrogen-bond donors (Lipinski definition) is 0. The first kappa shape index (κ1) is 23.6. The predicted octanol–water partition coefficient (Wildman–Crippen LogP) is 9.52. The molecular formula is C30H13F7N2. The molecule has 0 aliphatic carbocycles. The summed E-state index contributed by atoms with van der Waals surface area (Å²) in [4.78, 5) is 8.91. The molecule has 0 radical (unpaired) electrons. The molecule has 39 heavy (non-hydrogen) atoms. The molecule has 0 N–H and O–H groups in total. The lowest BCUT2D eigenvalue weighted by Gasteiger charge is -2.19. The molecule has 192 valence electrons. The Labute approximate surface area is 214 Å². The van der Waals surface area contributed by atoms with Crippen LogP contribution in [0, 0.1) is 5.82 Å². The van der Waals surface area contributed by atoms with E-state index in [9.17, 15) is 30.7 Å². The standard InChI is InChI=1S/C30H13F7N2/c31-23-7-8-38-28-20(23)5-3-14-4-6-24(39-27(14)28)21-12-17-11-18(29(32,33)34)9-15-1-2-16-10-19(30(35,36)37)13-22(21)26(16)25(15)17/h1-13H. The van der Waals surface area contributed by atoms with Crippen LogP contribution in [0.3, 0.4) is 0 Å². The van der Waals surface area contributed by atoms with Gasteiger partial charge in [0, 0.05) is 22.5 Å². The van der Waals surface area contributed by atoms with Crippen LogP contribution in [0.2, 0.25) is 0 Å². The Morgan fingerprint density at radius 1 is 0.538 bits per heavy atom. The van der Waals surface area contributed by atoms with Crippen molar-refractivity contribution in [3.8, 4) is 11.3 Å². The van der Waals surface area contributed by atoms with Crippen LogP contribution in [0.5, 0.6) is 0 Å². The molecule has 7 rings (SSSR count). The molecule has 0 aliphatic heterocycles. The van der Waals surface area contributed by atoms with Crippen molar-refractivity contribution in [3.63, 3.8) is 0 Å². The molecule has 0 saturated heterocycles. The third-order valence-electron chi connectivity index (χ3n) is 7.10.